The van der Waals surface area contributed by atoms with Crippen LogP contribution in [0.2, 0.25) is 0 Å². The van der Waals surface area contributed by atoms with Gasteiger partial charge in [0.05, 0.1) is 0 Å². The van der Waals surface area contributed by atoms with E-state index in [9.17, 15) is 4.79 Å². The van der Waals surface area contributed by atoms with E-state index in [0.717, 1.165) is 29.0 Å². The monoisotopic (exact) mass is 388 g/mol. The fourth-order valence-corrected chi connectivity index (χ4v) is 4.83. The lowest BCUT2D eigenvalue weighted by Crippen LogP contribution is -2.49. The van der Waals surface area contributed by atoms with Crippen molar-refractivity contribution in [3.05, 3.63) is 15.0 Å². The van der Waals surface area contributed by atoms with E-state index in [1.165, 1.54) is 0 Å². The van der Waals surface area contributed by atoms with Crippen LogP contribution in [-0.2, 0) is 19.9 Å². The van der Waals surface area contributed by atoms with Crippen molar-refractivity contribution in [2.24, 2.45) is 5.92 Å². The molecule has 1 saturated carbocycles. The number of nitrogens with one attached hydrogen (secondary N) is 1. The fourth-order valence-electron chi connectivity index (χ4n) is 3.36. The first-order chi connectivity index (χ1) is 10.3. The number of rotatable bonds is 4. The van der Waals surface area contributed by atoms with Crippen molar-refractivity contribution in [3.63, 3.8) is 0 Å². The van der Waals surface area contributed by atoms with Crippen LogP contribution in [0.4, 0.5) is 0 Å². The van der Waals surface area contributed by atoms with Gasteiger partial charge in [-0.15, -0.1) is 11.3 Å². The predicted molar refractivity (Wildman–Crippen MR) is 87.8 cm³/mol. The lowest BCUT2D eigenvalue weighted by Gasteiger charge is -2.36. The zero-order valence-electron chi connectivity index (χ0n) is 13.0. The van der Waals surface area contributed by atoms with Gasteiger partial charge in [-0.05, 0) is 62.0 Å². The van der Waals surface area contributed by atoms with Gasteiger partial charge in [-0.2, -0.15) is 0 Å². The molecular weight excluding hydrogens is 368 g/mol. The molecule has 0 amide bonds. The highest BCUT2D eigenvalue weighted by Crippen LogP contribution is 2.49. The van der Waals surface area contributed by atoms with Crippen LogP contribution in [0.15, 0.2) is 9.98 Å². The molecule has 3 atom stereocenters. The van der Waals surface area contributed by atoms with Crippen LogP contribution >= 0.6 is 27.3 Å². The lowest BCUT2D eigenvalue weighted by atomic mass is 9.94. The molecule has 7 heteroatoms. The summed E-state index contributed by atoms with van der Waals surface area (Å²) >= 11 is 4.98. The molecule has 1 saturated heterocycles. The first-order valence-corrected chi connectivity index (χ1v) is 9.16. The molecule has 0 spiro atoms. The molecular formula is C15H21BrN2O3S. The molecule has 3 rings (SSSR count). The minimum absolute atomic E-state index is 0.0423. The summed E-state index contributed by atoms with van der Waals surface area (Å²) in [6.07, 6.45) is 1.99. The summed E-state index contributed by atoms with van der Waals surface area (Å²) in [6, 6.07) is 0.220. The second-order valence-corrected chi connectivity index (χ2v) is 8.68. The molecule has 1 aliphatic heterocycles. The molecule has 1 aromatic rings. The van der Waals surface area contributed by atoms with E-state index in [1.807, 2.05) is 26.2 Å². The number of aromatic nitrogens is 1. The maximum atomic E-state index is 12.0. The van der Waals surface area contributed by atoms with Crippen LogP contribution in [0.1, 0.15) is 38.6 Å². The molecule has 2 aliphatic rings. The average Bonchev–Trinajstić information content (AvgIpc) is 3.09. The Morgan fingerprint density at radius 3 is 2.86 bits per heavy atom. The van der Waals surface area contributed by atoms with Crippen molar-refractivity contribution in [2.45, 2.75) is 50.9 Å². The van der Waals surface area contributed by atoms with Crippen molar-refractivity contribution in [1.82, 2.24) is 10.3 Å². The molecule has 0 radical (unpaired) electrons. The largest absolute Gasteiger partial charge is 0.458 e. The normalized spacial score (nSPS) is 30.7. The summed E-state index contributed by atoms with van der Waals surface area (Å²) in [4.78, 5) is 16.6. The molecule has 3 unspecified atom stereocenters. The molecule has 2 bridgehead atoms. The topological polar surface area (TPSA) is 60.5 Å². The molecule has 1 aliphatic carbocycles. The quantitative estimate of drug-likeness (QED) is 0.803. The average molecular weight is 389 g/mol. The van der Waals surface area contributed by atoms with Crippen LogP contribution < -0.4 is 5.32 Å². The summed E-state index contributed by atoms with van der Waals surface area (Å²) in [7, 11) is 0. The van der Waals surface area contributed by atoms with E-state index in [2.05, 4.69) is 26.2 Å². The van der Waals surface area contributed by atoms with Crippen LogP contribution in [0, 0.1) is 5.92 Å². The number of hydrogen-bond donors (Lipinski definition) is 1. The zero-order chi connectivity index (χ0) is 16.0. The molecule has 122 valence electrons. The van der Waals surface area contributed by atoms with Gasteiger partial charge >= 0.3 is 5.97 Å². The SMILES string of the molecule is CC(C)(C)OC(=O)COC1(c2nc(Br)cs2)CC2CNC1C2. The number of carbonyl (C=O) groups excluding carboxylic acids is 1. The number of hydrogen-bond acceptors (Lipinski definition) is 6. The van der Waals surface area contributed by atoms with Gasteiger partial charge in [0.25, 0.3) is 0 Å². The van der Waals surface area contributed by atoms with Crippen molar-refractivity contribution in [1.29, 1.82) is 0 Å². The van der Waals surface area contributed by atoms with E-state index in [4.69, 9.17) is 9.47 Å². The highest BCUT2D eigenvalue weighted by atomic mass is 79.9. The lowest BCUT2D eigenvalue weighted by molar-refractivity contribution is -0.170. The van der Waals surface area contributed by atoms with Gasteiger partial charge in [0.2, 0.25) is 0 Å². The summed E-state index contributed by atoms with van der Waals surface area (Å²) in [5, 5.41) is 6.39. The Morgan fingerprint density at radius 1 is 1.59 bits per heavy atom. The minimum atomic E-state index is -0.503. The van der Waals surface area contributed by atoms with Gasteiger partial charge in [-0.25, -0.2) is 9.78 Å². The highest BCUT2D eigenvalue weighted by molar-refractivity contribution is 9.10. The number of halogens is 1. The molecule has 0 aromatic carbocycles. The molecule has 5 nitrogen and oxygen atoms in total. The summed E-state index contributed by atoms with van der Waals surface area (Å²) in [5.41, 5.74) is -0.999. The van der Waals surface area contributed by atoms with Crippen LogP contribution in [0.5, 0.6) is 0 Å². The van der Waals surface area contributed by atoms with Crippen LogP contribution in [-0.4, -0.2) is 35.7 Å². The molecule has 22 heavy (non-hydrogen) atoms. The summed E-state index contributed by atoms with van der Waals surface area (Å²) < 4.78 is 12.3. The Labute approximate surface area is 142 Å². The first-order valence-electron chi connectivity index (χ1n) is 7.49. The van der Waals surface area contributed by atoms with E-state index in [1.54, 1.807) is 11.3 Å². The summed E-state index contributed by atoms with van der Waals surface area (Å²) in [6.45, 7) is 6.56. The van der Waals surface area contributed by atoms with Crippen molar-refractivity contribution in [3.8, 4) is 0 Å². The Kier molecular flexibility index (Phi) is 4.35. The number of carbonyl (C=O) groups is 1. The Morgan fingerprint density at radius 2 is 2.36 bits per heavy atom. The van der Waals surface area contributed by atoms with Gasteiger partial charge in [-0.1, -0.05) is 0 Å². The van der Waals surface area contributed by atoms with E-state index in [0.29, 0.717) is 5.92 Å². The van der Waals surface area contributed by atoms with E-state index in [-0.39, 0.29) is 18.6 Å². The standard InChI is InChI=1S/C15H21BrN2O3S/c1-14(2,3)21-12(19)7-20-15(13-18-11(16)8-22-13)5-9-4-10(15)17-6-9/h8-10,17H,4-7H2,1-3H3. The van der Waals surface area contributed by atoms with Gasteiger partial charge in [-0.3, -0.25) is 0 Å². The number of esters is 1. The Hall–Kier alpha value is -0.500. The van der Waals surface area contributed by atoms with Crippen molar-refractivity contribution >= 4 is 33.2 Å². The predicted octanol–water partition coefficient (Wildman–Crippen LogP) is 2.84. The van der Waals surface area contributed by atoms with Crippen LogP contribution in [0.3, 0.4) is 0 Å². The number of ether oxygens (including phenoxy) is 2. The third-order valence-electron chi connectivity index (χ3n) is 4.08. The van der Waals surface area contributed by atoms with Gasteiger partial charge < -0.3 is 14.8 Å². The van der Waals surface area contributed by atoms with Gasteiger partial charge in [0.1, 0.15) is 27.4 Å². The van der Waals surface area contributed by atoms with Gasteiger partial charge in [0, 0.05) is 11.4 Å². The molecule has 2 fully saturated rings. The number of thiazole rings is 1. The second-order valence-electron chi connectivity index (χ2n) is 7.01. The fraction of sp³-hybridized carbons (Fsp3) is 0.733. The van der Waals surface area contributed by atoms with Crippen LogP contribution in [0.25, 0.3) is 0 Å². The smallest absolute Gasteiger partial charge is 0.332 e. The number of fused-ring (bicyclic) bond motifs is 2. The molecule has 1 aromatic heterocycles. The zero-order valence-corrected chi connectivity index (χ0v) is 15.4. The van der Waals surface area contributed by atoms with E-state index < -0.39 is 11.2 Å². The number of piperidine rings is 1. The second kappa shape index (κ2) is 5.85. The Bertz CT molecular complexity index is 571. The third-order valence-corrected chi connectivity index (χ3v) is 5.79. The van der Waals surface area contributed by atoms with Gasteiger partial charge in [0.15, 0.2) is 0 Å². The highest BCUT2D eigenvalue weighted by Gasteiger charge is 2.55. The van der Waals surface area contributed by atoms with Crippen molar-refractivity contribution < 1.29 is 14.3 Å². The maximum absolute atomic E-state index is 12.0. The molecule has 2 heterocycles. The third kappa shape index (κ3) is 3.22. The summed E-state index contributed by atoms with van der Waals surface area (Å²) in [5.74, 6) is 0.261. The van der Waals surface area contributed by atoms with Crippen molar-refractivity contribution in [2.75, 3.05) is 13.2 Å². The first kappa shape index (κ1) is 16.4. The number of nitrogens with zero attached hydrogens (tertiary/aromatic N) is 1. The molecule has 1 N–H and O–H groups in total. The minimum Gasteiger partial charge on any atom is -0.458 e. The maximum Gasteiger partial charge on any atom is 0.332 e. The Balaban J connectivity index is 1.75. The van der Waals surface area contributed by atoms with E-state index >= 15 is 0 Å².